The zero-order valence-corrected chi connectivity index (χ0v) is 8.03. The molecule has 0 bridgehead atoms. The predicted octanol–water partition coefficient (Wildman–Crippen LogP) is 2.16. The monoisotopic (exact) mass is 205 g/mol. The number of hydrogen-bond donors (Lipinski definition) is 0. The number of methoxy groups -OCH3 is 1. The summed E-state index contributed by atoms with van der Waals surface area (Å²) in [4.78, 5) is 14.9. The maximum absolute atomic E-state index is 13.3. The molecule has 2 aromatic rings. The number of aromatic nitrogens is 1. The smallest absolute Gasteiger partial charge is 0.343 e. The number of hydrogen-bond acceptors (Lipinski definition) is 3. The molecule has 0 aliphatic carbocycles. The van der Waals surface area contributed by atoms with E-state index in [4.69, 9.17) is 0 Å². The summed E-state index contributed by atoms with van der Waals surface area (Å²) >= 11 is 0. The van der Waals surface area contributed by atoms with E-state index in [1.54, 1.807) is 24.3 Å². The Hall–Kier alpha value is -1.97. The van der Waals surface area contributed by atoms with Crippen LogP contribution in [0.4, 0.5) is 4.39 Å². The van der Waals surface area contributed by atoms with Crippen LogP contribution in [0.15, 0.2) is 30.5 Å². The SMILES string of the molecule is COC(=O)c1c(F)ncc2ccccc12. The Balaban J connectivity index is 2.79. The van der Waals surface area contributed by atoms with E-state index in [1.807, 2.05) is 0 Å². The third-order valence-electron chi connectivity index (χ3n) is 2.14. The van der Waals surface area contributed by atoms with Crippen LogP contribution in [-0.4, -0.2) is 18.1 Å². The van der Waals surface area contributed by atoms with Crippen molar-refractivity contribution in [1.82, 2.24) is 4.98 Å². The van der Waals surface area contributed by atoms with Crippen molar-refractivity contribution in [3.63, 3.8) is 0 Å². The van der Waals surface area contributed by atoms with Gasteiger partial charge in [0.15, 0.2) is 0 Å². The number of rotatable bonds is 1. The highest BCUT2D eigenvalue weighted by molar-refractivity contribution is 6.04. The molecule has 0 saturated carbocycles. The summed E-state index contributed by atoms with van der Waals surface area (Å²) < 4.78 is 17.9. The summed E-state index contributed by atoms with van der Waals surface area (Å²) in [5.41, 5.74) is -0.115. The summed E-state index contributed by atoms with van der Waals surface area (Å²) in [5.74, 6) is -1.52. The normalized spacial score (nSPS) is 10.3. The Bertz CT molecular complexity index is 525. The van der Waals surface area contributed by atoms with E-state index in [0.717, 1.165) is 0 Å². The molecule has 1 heterocycles. The summed E-state index contributed by atoms with van der Waals surface area (Å²) in [5, 5.41) is 1.22. The highest BCUT2D eigenvalue weighted by Gasteiger charge is 2.16. The molecule has 4 heteroatoms. The van der Waals surface area contributed by atoms with E-state index >= 15 is 0 Å². The number of esters is 1. The predicted molar refractivity (Wildman–Crippen MR) is 53.0 cm³/mol. The first-order chi connectivity index (χ1) is 7.24. The third kappa shape index (κ3) is 1.54. The molecular formula is C11H8FNO2. The molecule has 0 fully saturated rings. The molecule has 0 atom stereocenters. The lowest BCUT2D eigenvalue weighted by Crippen LogP contribution is -2.06. The van der Waals surface area contributed by atoms with Crippen molar-refractivity contribution in [3.8, 4) is 0 Å². The van der Waals surface area contributed by atoms with Gasteiger partial charge < -0.3 is 4.74 Å². The second-order valence-corrected chi connectivity index (χ2v) is 3.00. The van der Waals surface area contributed by atoms with Crippen molar-refractivity contribution in [2.24, 2.45) is 0 Å². The van der Waals surface area contributed by atoms with Gasteiger partial charge in [-0.05, 0) is 0 Å². The number of nitrogens with zero attached hydrogens (tertiary/aromatic N) is 1. The van der Waals surface area contributed by atoms with Crippen molar-refractivity contribution >= 4 is 16.7 Å². The summed E-state index contributed by atoms with van der Waals surface area (Å²) in [6.45, 7) is 0. The standard InChI is InChI=1S/C11H8FNO2/c1-15-11(14)9-8-5-3-2-4-7(8)6-13-10(9)12/h2-6H,1H3. The van der Waals surface area contributed by atoms with Crippen LogP contribution in [0.25, 0.3) is 10.8 Å². The van der Waals surface area contributed by atoms with Gasteiger partial charge in [-0.3, -0.25) is 0 Å². The average molecular weight is 205 g/mol. The lowest BCUT2D eigenvalue weighted by molar-refractivity contribution is 0.0597. The van der Waals surface area contributed by atoms with Crippen LogP contribution in [0.2, 0.25) is 0 Å². The second-order valence-electron chi connectivity index (χ2n) is 3.00. The van der Waals surface area contributed by atoms with Crippen molar-refractivity contribution in [2.45, 2.75) is 0 Å². The van der Waals surface area contributed by atoms with Gasteiger partial charge in [0.2, 0.25) is 5.95 Å². The average Bonchev–Trinajstić information content (AvgIpc) is 2.28. The Morgan fingerprint density at radius 2 is 2.13 bits per heavy atom. The lowest BCUT2D eigenvalue weighted by Gasteiger charge is -2.04. The minimum Gasteiger partial charge on any atom is -0.465 e. The number of carbonyl (C=O) groups is 1. The molecule has 2 rings (SSSR count). The minimum absolute atomic E-state index is 0.115. The van der Waals surface area contributed by atoms with Crippen LogP contribution in [0, 0.1) is 5.95 Å². The van der Waals surface area contributed by atoms with E-state index < -0.39 is 11.9 Å². The van der Waals surface area contributed by atoms with Crippen LogP contribution < -0.4 is 0 Å². The summed E-state index contributed by atoms with van der Waals surface area (Å²) in [6, 6.07) is 6.94. The first kappa shape index (κ1) is 9.58. The van der Waals surface area contributed by atoms with Crippen molar-refractivity contribution in [3.05, 3.63) is 42.0 Å². The van der Waals surface area contributed by atoms with Gasteiger partial charge >= 0.3 is 5.97 Å². The van der Waals surface area contributed by atoms with E-state index in [2.05, 4.69) is 9.72 Å². The molecule has 76 valence electrons. The van der Waals surface area contributed by atoms with E-state index in [0.29, 0.717) is 10.8 Å². The highest BCUT2D eigenvalue weighted by atomic mass is 19.1. The molecule has 1 aromatic carbocycles. The van der Waals surface area contributed by atoms with Gasteiger partial charge in [-0.25, -0.2) is 9.78 Å². The lowest BCUT2D eigenvalue weighted by atomic mass is 10.1. The van der Waals surface area contributed by atoms with Crippen LogP contribution in [0.5, 0.6) is 0 Å². The van der Waals surface area contributed by atoms with Gasteiger partial charge in [0, 0.05) is 17.0 Å². The van der Waals surface area contributed by atoms with Crippen LogP contribution in [-0.2, 0) is 4.74 Å². The topological polar surface area (TPSA) is 39.2 Å². The molecule has 0 amide bonds. The summed E-state index contributed by atoms with van der Waals surface area (Å²) in [6.07, 6.45) is 1.39. The van der Waals surface area contributed by atoms with Gasteiger partial charge in [0.25, 0.3) is 0 Å². The van der Waals surface area contributed by atoms with E-state index in [-0.39, 0.29) is 5.56 Å². The van der Waals surface area contributed by atoms with Gasteiger partial charge in [-0.1, -0.05) is 24.3 Å². The minimum atomic E-state index is -0.805. The number of halogens is 1. The number of fused-ring (bicyclic) bond motifs is 1. The van der Waals surface area contributed by atoms with Crippen LogP contribution in [0.1, 0.15) is 10.4 Å². The Morgan fingerprint density at radius 3 is 2.87 bits per heavy atom. The number of benzene rings is 1. The molecule has 0 saturated heterocycles. The van der Waals surface area contributed by atoms with Gasteiger partial charge in [0.1, 0.15) is 5.56 Å². The Morgan fingerprint density at radius 1 is 1.40 bits per heavy atom. The zero-order chi connectivity index (χ0) is 10.8. The maximum Gasteiger partial charge on any atom is 0.343 e. The highest BCUT2D eigenvalue weighted by Crippen LogP contribution is 2.20. The van der Waals surface area contributed by atoms with Crippen molar-refractivity contribution in [2.75, 3.05) is 7.11 Å². The molecular weight excluding hydrogens is 197 g/mol. The molecule has 0 N–H and O–H groups in total. The number of ether oxygens (including phenoxy) is 1. The maximum atomic E-state index is 13.3. The Labute approximate surface area is 85.5 Å². The van der Waals surface area contributed by atoms with Gasteiger partial charge in [0.05, 0.1) is 7.11 Å². The van der Waals surface area contributed by atoms with E-state index in [9.17, 15) is 9.18 Å². The molecule has 3 nitrogen and oxygen atoms in total. The largest absolute Gasteiger partial charge is 0.465 e. The van der Waals surface area contributed by atoms with Gasteiger partial charge in [-0.2, -0.15) is 4.39 Å². The molecule has 0 aliphatic rings. The van der Waals surface area contributed by atoms with Crippen molar-refractivity contribution in [1.29, 1.82) is 0 Å². The third-order valence-corrected chi connectivity index (χ3v) is 2.14. The summed E-state index contributed by atoms with van der Waals surface area (Å²) in [7, 11) is 1.21. The first-order valence-electron chi connectivity index (χ1n) is 4.35. The second kappa shape index (κ2) is 3.65. The van der Waals surface area contributed by atoms with Crippen LogP contribution in [0.3, 0.4) is 0 Å². The zero-order valence-electron chi connectivity index (χ0n) is 8.03. The fourth-order valence-corrected chi connectivity index (χ4v) is 1.44. The number of pyridine rings is 1. The number of carbonyl (C=O) groups excluding carboxylic acids is 1. The molecule has 0 radical (unpaired) electrons. The Kier molecular flexibility index (Phi) is 2.33. The molecule has 1 aromatic heterocycles. The van der Waals surface area contributed by atoms with Crippen molar-refractivity contribution < 1.29 is 13.9 Å². The fraction of sp³-hybridized carbons (Fsp3) is 0.0909. The molecule has 0 aliphatic heterocycles. The van der Waals surface area contributed by atoms with E-state index in [1.165, 1.54) is 13.3 Å². The first-order valence-corrected chi connectivity index (χ1v) is 4.35. The fourth-order valence-electron chi connectivity index (χ4n) is 1.44. The molecule has 15 heavy (non-hydrogen) atoms. The quantitative estimate of drug-likeness (QED) is 0.529. The van der Waals surface area contributed by atoms with Crippen LogP contribution >= 0.6 is 0 Å². The molecule has 0 unspecified atom stereocenters. The van der Waals surface area contributed by atoms with Gasteiger partial charge in [-0.15, -0.1) is 0 Å². The molecule has 0 spiro atoms.